The number of anilines is 3. The lowest BCUT2D eigenvalue weighted by Gasteiger charge is -2.14. The van der Waals surface area contributed by atoms with Gasteiger partial charge >= 0.3 is 6.18 Å². The lowest BCUT2D eigenvalue weighted by molar-refractivity contribution is -0.137. The van der Waals surface area contributed by atoms with E-state index in [-0.39, 0.29) is 11.3 Å². The van der Waals surface area contributed by atoms with Gasteiger partial charge in [-0.1, -0.05) is 18.2 Å². The number of alkyl halides is 3. The molecule has 10 heteroatoms. The molecule has 7 nitrogen and oxygen atoms in total. The van der Waals surface area contributed by atoms with Crippen LogP contribution in [0.5, 0.6) is 0 Å². The zero-order valence-electron chi connectivity index (χ0n) is 20.0. The number of aliphatic imine (C=N–C) groups is 1. The smallest absolute Gasteiger partial charge is 0.357 e. The van der Waals surface area contributed by atoms with Gasteiger partial charge in [-0.05, 0) is 74.2 Å². The largest absolute Gasteiger partial charge is 0.416 e. The minimum atomic E-state index is -4.51. The van der Waals surface area contributed by atoms with Gasteiger partial charge in [-0.3, -0.25) is 9.79 Å². The topological polar surface area (TPSA) is 95.1 Å². The van der Waals surface area contributed by atoms with Crippen LogP contribution in [-0.2, 0) is 6.18 Å². The number of nitrogens with zero attached hydrogens (tertiary/aromatic N) is 3. The highest BCUT2D eigenvalue weighted by molar-refractivity contribution is 6.05. The minimum absolute atomic E-state index is 0.0476. The second-order valence-corrected chi connectivity index (χ2v) is 8.19. The van der Waals surface area contributed by atoms with Gasteiger partial charge in [0.1, 0.15) is 5.52 Å². The Balaban J connectivity index is 1.63. The summed E-state index contributed by atoms with van der Waals surface area (Å²) in [4.78, 5) is 28.9. The van der Waals surface area contributed by atoms with Crippen LogP contribution >= 0.6 is 0 Å². The first kappa shape index (κ1) is 25.4. The van der Waals surface area contributed by atoms with Crippen LogP contribution in [0.15, 0.2) is 78.1 Å². The van der Waals surface area contributed by atoms with Gasteiger partial charge in [-0.2, -0.15) is 13.2 Å². The van der Waals surface area contributed by atoms with Gasteiger partial charge in [-0.25, -0.2) is 9.97 Å². The molecule has 0 bridgehead atoms. The quantitative estimate of drug-likeness (QED) is 0.188. The van der Waals surface area contributed by atoms with Crippen LogP contribution in [0.3, 0.4) is 0 Å². The Morgan fingerprint density at radius 2 is 1.95 bits per heavy atom. The molecule has 0 saturated heterocycles. The number of aryl methyl sites for hydroxylation is 1. The Bertz CT molecular complexity index is 1530. The fourth-order valence-electron chi connectivity index (χ4n) is 3.54. The number of rotatable bonds is 7. The van der Waals surface area contributed by atoms with Crippen LogP contribution in [0.2, 0.25) is 0 Å². The summed E-state index contributed by atoms with van der Waals surface area (Å²) in [7, 11) is 0. The van der Waals surface area contributed by atoms with Crippen molar-refractivity contribution in [1.82, 2.24) is 15.0 Å². The molecule has 0 radical (unpaired) electrons. The van der Waals surface area contributed by atoms with E-state index in [9.17, 15) is 18.0 Å². The Morgan fingerprint density at radius 3 is 2.70 bits per heavy atom. The van der Waals surface area contributed by atoms with Crippen LogP contribution in [0.25, 0.3) is 16.6 Å². The van der Waals surface area contributed by atoms with E-state index in [1.54, 1.807) is 36.7 Å². The number of carbonyl (C=O) groups excluding carboxylic acids is 1. The third-order valence-corrected chi connectivity index (χ3v) is 5.50. The molecule has 2 aromatic carbocycles. The number of amides is 1. The summed E-state index contributed by atoms with van der Waals surface area (Å²) < 4.78 is 39.1. The van der Waals surface area contributed by atoms with Crippen molar-refractivity contribution in [1.29, 1.82) is 0 Å². The highest BCUT2D eigenvalue weighted by Crippen LogP contribution is 2.31. The molecule has 188 valence electrons. The summed E-state index contributed by atoms with van der Waals surface area (Å²) >= 11 is 0. The molecule has 4 rings (SSSR count). The molecule has 3 N–H and O–H groups in total. The van der Waals surface area contributed by atoms with Crippen molar-refractivity contribution < 1.29 is 18.0 Å². The van der Waals surface area contributed by atoms with E-state index in [0.29, 0.717) is 28.4 Å². The number of carbonyl (C=O) groups is 1. The van der Waals surface area contributed by atoms with E-state index < -0.39 is 17.6 Å². The zero-order valence-corrected chi connectivity index (χ0v) is 20.0. The molecule has 0 aliphatic carbocycles. The number of hydrogen-bond donors (Lipinski definition) is 3. The Labute approximate surface area is 210 Å². The summed E-state index contributed by atoms with van der Waals surface area (Å²) in [5, 5.41) is 5.80. The third-order valence-electron chi connectivity index (χ3n) is 5.50. The van der Waals surface area contributed by atoms with Crippen LogP contribution in [-0.4, -0.2) is 27.6 Å². The molecule has 2 heterocycles. The van der Waals surface area contributed by atoms with Gasteiger partial charge in [0.05, 0.1) is 11.1 Å². The lowest BCUT2D eigenvalue weighted by atomic mass is 10.1. The molecular formula is C27H23F3N6O. The number of aromatic amines is 1. The van der Waals surface area contributed by atoms with Gasteiger partial charge < -0.3 is 15.6 Å². The molecule has 0 aliphatic rings. The van der Waals surface area contributed by atoms with Gasteiger partial charge in [0, 0.05) is 29.3 Å². The number of benzene rings is 2. The molecular weight excluding hydrogens is 481 g/mol. The van der Waals surface area contributed by atoms with E-state index in [1.807, 2.05) is 26.0 Å². The average Bonchev–Trinajstić information content (AvgIpc) is 3.34. The number of hydrogen-bond acceptors (Lipinski definition) is 5. The molecule has 0 unspecified atom stereocenters. The number of allylic oxidation sites excluding steroid dienone is 3. The van der Waals surface area contributed by atoms with Crippen LogP contribution < -0.4 is 10.6 Å². The van der Waals surface area contributed by atoms with E-state index >= 15 is 0 Å². The molecule has 2 aromatic heterocycles. The first-order valence-corrected chi connectivity index (χ1v) is 11.2. The van der Waals surface area contributed by atoms with Crippen molar-refractivity contribution in [2.24, 2.45) is 4.99 Å². The number of H-pyrrole nitrogens is 1. The minimum Gasteiger partial charge on any atom is -0.357 e. The van der Waals surface area contributed by atoms with Crippen molar-refractivity contribution in [2.75, 3.05) is 10.6 Å². The van der Waals surface area contributed by atoms with E-state index in [2.05, 4.69) is 37.3 Å². The van der Waals surface area contributed by atoms with Crippen molar-refractivity contribution in [2.45, 2.75) is 20.0 Å². The lowest BCUT2D eigenvalue weighted by Crippen LogP contribution is -2.13. The van der Waals surface area contributed by atoms with Crippen LogP contribution in [0.4, 0.5) is 30.4 Å². The van der Waals surface area contributed by atoms with Crippen LogP contribution in [0, 0.1) is 6.92 Å². The van der Waals surface area contributed by atoms with E-state index in [1.165, 1.54) is 12.1 Å². The summed E-state index contributed by atoms with van der Waals surface area (Å²) in [6.45, 7) is 7.14. The number of halogens is 3. The van der Waals surface area contributed by atoms with Gasteiger partial charge in [-0.15, -0.1) is 0 Å². The van der Waals surface area contributed by atoms with Gasteiger partial charge in [0.2, 0.25) is 0 Å². The zero-order chi connectivity index (χ0) is 26.6. The number of nitrogens with one attached hydrogen (secondary N) is 3. The van der Waals surface area contributed by atoms with Crippen molar-refractivity contribution in [3.05, 3.63) is 95.6 Å². The van der Waals surface area contributed by atoms with Crippen molar-refractivity contribution in [3.63, 3.8) is 0 Å². The fourth-order valence-corrected chi connectivity index (χ4v) is 3.54. The second-order valence-electron chi connectivity index (χ2n) is 8.19. The van der Waals surface area contributed by atoms with E-state index in [0.717, 1.165) is 23.3 Å². The Morgan fingerprint density at radius 1 is 1.14 bits per heavy atom. The maximum Gasteiger partial charge on any atom is 0.416 e. The molecule has 0 spiro atoms. The number of fused-ring (bicyclic) bond motifs is 1. The Kier molecular flexibility index (Phi) is 7.19. The first-order valence-electron chi connectivity index (χ1n) is 11.2. The van der Waals surface area contributed by atoms with Gasteiger partial charge in [0.15, 0.2) is 11.6 Å². The number of aromatic nitrogens is 3. The molecule has 37 heavy (non-hydrogen) atoms. The van der Waals surface area contributed by atoms with E-state index in [4.69, 9.17) is 0 Å². The SMILES string of the molecule is C=N/C=C\C=C(/C)c1nc(Nc2cc(C(=O)Nc3cccc(C(F)(F)F)c3)ccc2C)c2[nH]ccc2n1. The molecule has 0 saturated carbocycles. The first-order chi connectivity index (χ1) is 17.7. The predicted octanol–water partition coefficient (Wildman–Crippen LogP) is 6.90. The third kappa shape index (κ3) is 5.92. The summed E-state index contributed by atoms with van der Waals surface area (Å²) in [6.07, 6.45) is 2.35. The maximum absolute atomic E-state index is 13.0. The summed E-state index contributed by atoms with van der Waals surface area (Å²) in [5.41, 5.74) is 3.09. The molecule has 1 amide bonds. The van der Waals surface area contributed by atoms with Gasteiger partial charge in [0.25, 0.3) is 5.91 Å². The Hall–Kier alpha value is -4.73. The predicted molar refractivity (Wildman–Crippen MR) is 140 cm³/mol. The summed E-state index contributed by atoms with van der Waals surface area (Å²) in [5.74, 6) is 0.457. The molecule has 0 fully saturated rings. The monoisotopic (exact) mass is 504 g/mol. The summed E-state index contributed by atoms with van der Waals surface area (Å²) in [6, 6.07) is 11.3. The highest BCUT2D eigenvalue weighted by Gasteiger charge is 2.30. The van der Waals surface area contributed by atoms with Crippen molar-refractivity contribution in [3.8, 4) is 0 Å². The molecule has 4 aromatic rings. The van der Waals surface area contributed by atoms with Crippen molar-refractivity contribution >= 4 is 46.4 Å². The van der Waals surface area contributed by atoms with Crippen LogP contribution in [0.1, 0.15) is 34.2 Å². The fraction of sp³-hybridized carbons (Fsp3) is 0.111. The average molecular weight is 505 g/mol. The normalized spacial score (nSPS) is 12.2. The highest BCUT2D eigenvalue weighted by atomic mass is 19.4. The standard InChI is InChI=1S/C27H23F3N6O/c1-16-9-10-18(26(37)33-20-8-4-7-19(15-20)27(28,29)30)14-22(16)35-25-23-21(11-13-32-23)34-24(36-25)17(2)6-5-12-31-3/h4-15,32H,3H2,1-2H3,(H,33,37)(H,34,35,36)/b12-5-,17-6+. The second kappa shape index (κ2) is 10.5. The molecule has 0 atom stereocenters. The maximum atomic E-state index is 13.0. The molecule has 0 aliphatic heterocycles.